The van der Waals surface area contributed by atoms with Gasteiger partial charge in [-0.3, -0.25) is 9.48 Å². The Bertz CT molecular complexity index is 1180. The van der Waals surface area contributed by atoms with E-state index in [1.807, 2.05) is 36.7 Å². The molecule has 2 heterocycles. The number of aromatic nitrogens is 3. The van der Waals surface area contributed by atoms with Crippen molar-refractivity contribution in [3.63, 3.8) is 0 Å². The molecule has 0 radical (unpaired) electrons. The van der Waals surface area contributed by atoms with E-state index in [0.717, 1.165) is 26.5 Å². The number of nitrogens with one attached hydrogen (secondary N) is 2. The molecule has 4 rings (SSSR count). The number of rotatable bonds is 6. The summed E-state index contributed by atoms with van der Waals surface area (Å²) in [5.74, 6) is 0.407. The molecule has 0 aliphatic heterocycles. The normalized spacial score (nSPS) is 11.1. The van der Waals surface area contributed by atoms with Crippen molar-refractivity contribution in [2.45, 2.75) is 19.4 Å². The molecule has 0 bridgehead atoms. The summed E-state index contributed by atoms with van der Waals surface area (Å²) < 4.78 is 2.46. The lowest BCUT2D eigenvalue weighted by atomic mass is 10.1. The third-order valence-corrected chi connectivity index (χ3v) is 5.92. The number of carbonyl (C=O) groups is 1. The molecule has 2 aromatic carbocycles. The van der Waals surface area contributed by atoms with Gasteiger partial charge in [-0.15, -0.1) is 0 Å². The monoisotopic (exact) mass is 490 g/mol. The Balaban J connectivity index is 1.38. The smallest absolute Gasteiger partial charge is 0.225 e. The second kappa shape index (κ2) is 8.61. The first-order chi connectivity index (χ1) is 14.0. The predicted molar refractivity (Wildman–Crippen MR) is 121 cm³/mol. The molecule has 0 saturated heterocycles. The summed E-state index contributed by atoms with van der Waals surface area (Å²) in [6.07, 6.45) is 4.79. The lowest BCUT2D eigenvalue weighted by molar-refractivity contribution is -0.116. The van der Waals surface area contributed by atoms with Crippen LogP contribution in [-0.2, 0) is 17.8 Å². The molecule has 2 aromatic heterocycles. The average molecular weight is 492 g/mol. The van der Waals surface area contributed by atoms with Gasteiger partial charge in [0.1, 0.15) is 0 Å². The third-order valence-electron chi connectivity index (χ3n) is 4.60. The second-order valence-corrected chi connectivity index (χ2v) is 8.35. The molecular weight excluding hydrogens is 475 g/mol. The van der Waals surface area contributed by atoms with Gasteiger partial charge in [-0.2, -0.15) is 5.10 Å². The first-order valence-corrected chi connectivity index (χ1v) is 10.6. The van der Waals surface area contributed by atoms with Crippen molar-refractivity contribution in [2.75, 3.05) is 5.32 Å². The first-order valence-electron chi connectivity index (χ1n) is 9.01. The molecular formula is C21H17BrCl2N4O. The minimum atomic E-state index is -0.0873. The molecule has 0 aliphatic carbocycles. The molecule has 0 unspecified atom stereocenters. The van der Waals surface area contributed by atoms with Gasteiger partial charge in [0, 0.05) is 29.7 Å². The van der Waals surface area contributed by atoms with E-state index < -0.39 is 0 Å². The molecule has 8 heteroatoms. The second-order valence-electron chi connectivity index (χ2n) is 6.68. The Morgan fingerprint density at radius 3 is 2.83 bits per heavy atom. The summed E-state index contributed by atoms with van der Waals surface area (Å²) in [5, 5.41) is 9.48. The minimum absolute atomic E-state index is 0.0873. The number of fused-ring (bicyclic) bond motifs is 1. The van der Waals surface area contributed by atoms with E-state index in [1.54, 1.807) is 16.8 Å². The number of hydrogen-bond donors (Lipinski definition) is 2. The zero-order valence-corrected chi connectivity index (χ0v) is 18.4. The lowest BCUT2D eigenvalue weighted by Crippen LogP contribution is -2.13. The Labute approximate surface area is 186 Å². The fraction of sp³-hybridized carbons (Fsp3) is 0.143. The van der Waals surface area contributed by atoms with Crippen LogP contribution in [0.5, 0.6) is 0 Å². The van der Waals surface area contributed by atoms with E-state index in [1.165, 1.54) is 0 Å². The molecule has 5 nitrogen and oxygen atoms in total. The highest BCUT2D eigenvalue weighted by molar-refractivity contribution is 9.10. The molecule has 0 saturated carbocycles. The summed E-state index contributed by atoms with van der Waals surface area (Å²) in [7, 11) is 0. The summed E-state index contributed by atoms with van der Waals surface area (Å²) >= 11 is 15.5. The molecule has 0 atom stereocenters. The number of para-hydroxylation sites is 1. The topological polar surface area (TPSA) is 62.7 Å². The van der Waals surface area contributed by atoms with Crippen molar-refractivity contribution in [1.29, 1.82) is 0 Å². The lowest BCUT2D eigenvalue weighted by Gasteiger charge is -2.04. The molecule has 29 heavy (non-hydrogen) atoms. The maximum absolute atomic E-state index is 12.4. The van der Waals surface area contributed by atoms with Crippen LogP contribution >= 0.6 is 39.1 Å². The number of aryl methyl sites for hydroxylation is 1. The Hall–Kier alpha value is -2.28. The van der Waals surface area contributed by atoms with Crippen molar-refractivity contribution >= 4 is 61.8 Å². The third kappa shape index (κ3) is 4.66. The number of anilines is 1. The number of benzene rings is 2. The van der Waals surface area contributed by atoms with Gasteiger partial charge in [0.25, 0.3) is 0 Å². The van der Waals surface area contributed by atoms with Crippen molar-refractivity contribution < 1.29 is 4.79 Å². The molecule has 0 fully saturated rings. The SMILES string of the molecule is O=C(CCc1c[nH]c2ccccc12)Nc1nn(Cc2ccc(Cl)c(Cl)c2)cc1Br. The van der Waals surface area contributed by atoms with Gasteiger partial charge in [-0.1, -0.05) is 47.5 Å². The van der Waals surface area contributed by atoms with Gasteiger partial charge in [-0.05, 0) is 51.7 Å². The summed E-state index contributed by atoms with van der Waals surface area (Å²) in [4.78, 5) is 15.7. The van der Waals surface area contributed by atoms with Crippen LogP contribution in [0.15, 0.2) is 59.3 Å². The van der Waals surface area contributed by atoms with Gasteiger partial charge in [0.15, 0.2) is 5.82 Å². The molecule has 0 spiro atoms. The van der Waals surface area contributed by atoms with Crippen LogP contribution in [0.2, 0.25) is 10.0 Å². The summed E-state index contributed by atoms with van der Waals surface area (Å²) in [6.45, 7) is 0.515. The number of hydrogen-bond acceptors (Lipinski definition) is 2. The molecule has 2 N–H and O–H groups in total. The van der Waals surface area contributed by atoms with E-state index in [0.29, 0.717) is 35.2 Å². The minimum Gasteiger partial charge on any atom is -0.361 e. The molecule has 4 aromatic rings. The van der Waals surface area contributed by atoms with E-state index in [-0.39, 0.29) is 5.91 Å². The van der Waals surface area contributed by atoms with Crippen LogP contribution in [0.3, 0.4) is 0 Å². The van der Waals surface area contributed by atoms with Crippen LogP contribution in [0, 0.1) is 0 Å². The largest absolute Gasteiger partial charge is 0.361 e. The molecule has 1 amide bonds. The first kappa shape index (κ1) is 20.0. The van der Waals surface area contributed by atoms with E-state index >= 15 is 0 Å². The highest BCUT2D eigenvalue weighted by Gasteiger charge is 2.12. The summed E-state index contributed by atoms with van der Waals surface area (Å²) in [5.41, 5.74) is 3.17. The molecule has 148 valence electrons. The Kier molecular flexibility index (Phi) is 5.94. The van der Waals surface area contributed by atoms with Crippen LogP contribution < -0.4 is 5.32 Å². The van der Waals surface area contributed by atoms with Gasteiger partial charge in [-0.25, -0.2) is 0 Å². The number of H-pyrrole nitrogens is 1. The van der Waals surface area contributed by atoms with E-state index in [9.17, 15) is 4.79 Å². The predicted octanol–water partition coefficient (Wildman–Crippen LogP) is 6.05. The average Bonchev–Trinajstić information content (AvgIpc) is 3.26. The fourth-order valence-electron chi connectivity index (χ4n) is 3.17. The van der Waals surface area contributed by atoms with E-state index in [2.05, 4.69) is 37.4 Å². The number of carbonyl (C=O) groups excluding carboxylic acids is 1. The van der Waals surface area contributed by atoms with Crippen LogP contribution in [-0.4, -0.2) is 20.7 Å². The van der Waals surface area contributed by atoms with Gasteiger partial charge >= 0.3 is 0 Å². The summed E-state index contributed by atoms with van der Waals surface area (Å²) in [6, 6.07) is 13.5. The fourth-order valence-corrected chi connectivity index (χ4v) is 3.90. The number of nitrogens with zero attached hydrogens (tertiary/aromatic N) is 2. The highest BCUT2D eigenvalue weighted by atomic mass is 79.9. The number of amides is 1. The van der Waals surface area contributed by atoms with Crippen molar-refractivity contribution in [3.05, 3.63) is 80.5 Å². The van der Waals surface area contributed by atoms with Crippen LogP contribution in [0.25, 0.3) is 10.9 Å². The maximum atomic E-state index is 12.4. The van der Waals surface area contributed by atoms with Gasteiger partial charge in [0.05, 0.1) is 21.1 Å². The maximum Gasteiger partial charge on any atom is 0.225 e. The highest BCUT2D eigenvalue weighted by Crippen LogP contribution is 2.25. The van der Waals surface area contributed by atoms with Crippen LogP contribution in [0.1, 0.15) is 17.5 Å². The van der Waals surface area contributed by atoms with Crippen molar-refractivity contribution in [3.8, 4) is 0 Å². The quantitative estimate of drug-likeness (QED) is 0.344. The van der Waals surface area contributed by atoms with Crippen molar-refractivity contribution in [1.82, 2.24) is 14.8 Å². The number of aromatic amines is 1. The van der Waals surface area contributed by atoms with Crippen LogP contribution in [0.4, 0.5) is 5.82 Å². The molecule has 0 aliphatic rings. The van der Waals surface area contributed by atoms with E-state index in [4.69, 9.17) is 23.2 Å². The number of halogens is 3. The zero-order chi connectivity index (χ0) is 20.4. The zero-order valence-electron chi connectivity index (χ0n) is 15.3. The Morgan fingerprint density at radius 2 is 2.00 bits per heavy atom. The standard InChI is InChI=1S/C21H17BrCl2N4O/c22-16-12-28(11-13-5-7-17(23)18(24)9-13)27-21(16)26-20(29)8-6-14-10-25-19-4-2-1-3-15(14)19/h1-5,7,9-10,12,25H,6,8,11H2,(H,26,27,29). The Morgan fingerprint density at radius 1 is 1.17 bits per heavy atom. The van der Waals surface area contributed by atoms with Gasteiger partial charge < -0.3 is 10.3 Å². The van der Waals surface area contributed by atoms with Gasteiger partial charge in [0.2, 0.25) is 5.91 Å². The van der Waals surface area contributed by atoms with Crippen molar-refractivity contribution in [2.24, 2.45) is 0 Å².